The van der Waals surface area contributed by atoms with Crippen LogP contribution in [-0.4, -0.2) is 15.9 Å². The molecule has 0 aliphatic carbocycles. The summed E-state index contributed by atoms with van der Waals surface area (Å²) in [6.45, 7) is 5.93. The molecule has 0 fully saturated rings. The lowest BCUT2D eigenvalue weighted by molar-refractivity contribution is 0.102. The molecule has 0 aliphatic heterocycles. The Morgan fingerprint density at radius 3 is 2.43 bits per heavy atom. The van der Waals surface area contributed by atoms with Gasteiger partial charge in [-0.1, -0.05) is 25.1 Å². The van der Waals surface area contributed by atoms with Gasteiger partial charge >= 0.3 is 0 Å². The Labute approximate surface area is 135 Å². The van der Waals surface area contributed by atoms with Crippen LogP contribution in [0, 0.1) is 13.8 Å². The minimum absolute atomic E-state index is 0.132. The van der Waals surface area contributed by atoms with Gasteiger partial charge in [-0.15, -0.1) is 0 Å². The zero-order valence-corrected chi connectivity index (χ0v) is 13.6. The van der Waals surface area contributed by atoms with Gasteiger partial charge in [0.05, 0.1) is 22.4 Å². The summed E-state index contributed by atoms with van der Waals surface area (Å²) in [5.74, 6) is -0.132. The van der Waals surface area contributed by atoms with Crippen molar-refractivity contribution in [2.24, 2.45) is 0 Å². The summed E-state index contributed by atoms with van der Waals surface area (Å²) in [7, 11) is 0. The number of aromatic nitrogens is 2. The lowest BCUT2D eigenvalue weighted by Crippen LogP contribution is -2.13. The molecule has 4 nitrogen and oxygen atoms in total. The average Bonchev–Trinajstić information content (AvgIpc) is 2.56. The van der Waals surface area contributed by atoms with Crippen molar-refractivity contribution in [3.8, 4) is 0 Å². The number of rotatable bonds is 3. The Balaban J connectivity index is 1.93. The van der Waals surface area contributed by atoms with Gasteiger partial charge in [0.15, 0.2) is 0 Å². The monoisotopic (exact) mass is 305 g/mol. The molecule has 1 aromatic heterocycles. The minimum atomic E-state index is -0.132. The van der Waals surface area contributed by atoms with Crippen LogP contribution in [0.15, 0.2) is 42.5 Å². The number of nitrogens with one attached hydrogen (secondary N) is 1. The molecule has 1 amide bonds. The molecule has 4 heteroatoms. The van der Waals surface area contributed by atoms with Gasteiger partial charge in [0.1, 0.15) is 0 Å². The van der Waals surface area contributed by atoms with Gasteiger partial charge in [-0.2, -0.15) is 0 Å². The molecule has 1 N–H and O–H groups in total. The number of aryl methyl sites for hydroxylation is 3. The number of hydrogen-bond donors (Lipinski definition) is 1. The molecule has 0 saturated carbocycles. The van der Waals surface area contributed by atoms with Crippen molar-refractivity contribution in [1.82, 2.24) is 9.97 Å². The lowest BCUT2D eigenvalue weighted by Gasteiger charge is -2.10. The number of hydrogen-bond acceptors (Lipinski definition) is 3. The molecule has 0 spiro atoms. The molecule has 3 rings (SSSR count). The fraction of sp³-hybridized carbons (Fsp3) is 0.211. The van der Waals surface area contributed by atoms with Crippen molar-refractivity contribution in [1.29, 1.82) is 0 Å². The molecule has 0 unspecified atom stereocenters. The molecule has 0 saturated heterocycles. The second kappa shape index (κ2) is 6.16. The number of anilines is 1. The summed E-state index contributed by atoms with van der Waals surface area (Å²) in [5.41, 5.74) is 5.89. The third kappa shape index (κ3) is 3.06. The first-order chi connectivity index (χ1) is 11.1. The Morgan fingerprint density at radius 2 is 1.70 bits per heavy atom. The minimum Gasteiger partial charge on any atom is -0.322 e. The van der Waals surface area contributed by atoms with Crippen LogP contribution in [0.1, 0.15) is 34.2 Å². The highest BCUT2D eigenvalue weighted by Crippen LogP contribution is 2.19. The van der Waals surface area contributed by atoms with Crippen molar-refractivity contribution in [2.45, 2.75) is 27.2 Å². The summed E-state index contributed by atoms with van der Waals surface area (Å²) in [4.78, 5) is 21.5. The SMILES string of the molecule is CCc1ccccc1NC(=O)c1ccc2nc(C)c(C)nc2c1. The predicted octanol–water partition coefficient (Wildman–Crippen LogP) is 4.06. The molecular weight excluding hydrogens is 286 g/mol. The molecular formula is C19H19N3O. The van der Waals surface area contributed by atoms with E-state index in [4.69, 9.17) is 0 Å². The van der Waals surface area contributed by atoms with Crippen LogP contribution in [-0.2, 0) is 6.42 Å². The van der Waals surface area contributed by atoms with E-state index in [9.17, 15) is 4.79 Å². The number of fused-ring (bicyclic) bond motifs is 1. The quantitative estimate of drug-likeness (QED) is 0.794. The van der Waals surface area contributed by atoms with Crippen molar-refractivity contribution in [3.05, 3.63) is 65.0 Å². The van der Waals surface area contributed by atoms with E-state index < -0.39 is 0 Å². The van der Waals surface area contributed by atoms with E-state index in [-0.39, 0.29) is 5.91 Å². The maximum atomic E-state index is 12.5. The van der Waals surface area contributed by atoms with Gasteiger partial charge in [-0.05, 0) is 50.1 Å². The highest BCUT2D eigenvalue weighted by Gasteiger charge is 2.10. The Hall–Kier alpha value is -2.75. The third-order valence-corrected chi connectivity index (χ3v) is 3.98. The normalized spacial score (nSPS) is 10.7. The predicted molar refractivity (Wildman–Crippen MR) is 92.8 cm³/mol. The molecule has 116 valence electrons. The highest BCUT2D eigenvalue weighted by molar-refractivity contribution is 6.06. The molecule has 2 aromatic carbocycles. The van der Waals surface area contributed by atoms with Gasteiger partial charge in [0.25, 0.3) is 5.91 Å². The molecule has 23 heavy (non-hydrogen) atoms. The van der Waals surface area contributed by atoms with Gasteiger partial charge in [-0.3, -0.25) is 4.79 Å². The summed E-state index contributed by atoms with van der Waals surface area (Å²) >= 11 is 0. The fourth-order valence-corrected chi connectivity index (χ4v) is 2.52. The van der Waals surface area contributed by atoms with Gasteiger partial charge < -0.3 is 5.32 Å². The van der Waals surface area contributed by atoms with E-state index >= 15 is 0 Å². The van der Waals surface area contributed by atoms with E-state index in [0.29, 0.717) is 5.56 Å². The van der Waals surface area contributed by atoms with Crippen LogP contribution in [0.2, 0.25) is 0 Å². The Morgan fingerprint density at radius 1 is 1.00 bits per heavy atom. The number of benzene rings is 2. The van der Waals surface area contributed by atoms with Crippen LogP contribution in [0.5, 0.6) is 0 Å². The molecule has 1 heterocycles. The molecule has 0 aliphatic rings. The zero-order chi connectivity index (χ0) is 16.4. The van der Waals surface area contributed by atoms with Crippen molar-refractivity contribution in [2.75, 3.05) is 5.32 Å². The van der Waals surface area contributed by atoms with Crippen LogP contribution < -0.4 is 5.32 Å². The second-order valence-electron chi connectivity index (χ2n) is 5.56. The van der Waals surface area contributed by atoms with Crippen LogP contribution in [0.4, 0.5) is 5.69 Å². The smallest absolute Gasteiger partial charge is 0.255 e. The molecule has 3 aromatic rings. The van der Waals surface area contributed by atoms with Crippen molar-refractivity contribution >= 4 is 22.6 Å². The topological polar surface area (TPSA) is 54.9 Å². The second-order valence-corrected chi connectivity index (χ2v) is 5.56. The fourth-order valence-electron chi connectivity index (χ4n) is 2.52. The Bertz CT molecular complexity index is 887. The maximum absolute atomic E-state index is 12.5. The van der Waals surface area contributed by atoms with Crippen LogP contribution >= 0.6 is 0 Å². The van der Waals surface area contributed by atoms with Crippen molar-refractivity contribution in [3.63, 3.8) is 0 Å². The first kappa shape index (κ1) is 15.2. The lowest BCUT2D eigenvalue weighted by atomic mass is 10.1. The summed E-state index contributed by atoms with van der Waals surface area (Å²) < 4.78 is 0. The Kier molecular flexibility index (Phi) is 4.06. The van der Waals surface area contributed by atoms with Crippen molar-refractivity contribution < 1.29 is 4.79 Å². The maximum Gasteiger partial charge on any atom is 0.255 e. The third-order valence-electron chi connectivity index (χ3n) is 3.98. The van der Waals surface area contributed by atoms with E-state index in [0.717, 1.165) is 40.1 Å². The van der Waals surface area contributed by atoms with E-state index in [1.165, 1.54) is 0 Å². The number of nitrogens with zero attached hydrogens (tertiary/aromatic N) is 2. The van der Waals surface area contributed by atoms with E-state index in [1.54, 1.807) is 12.1 Å². The number of carbonyl (C=O) groups is 1. The van der Waals surface area contributed by atoms with Gasteiger partial charge in [0.2, 0.25) is 0 Å². The largest absolute Gasteiger partial charge is 0.322 e. The first-order valence-corrected chi connectivity index (χ1v) is 7.72. The summed E-state index contributed by atoms with van der Waals surface area (Å²) in [5, 5.41) is 2.98. The number of carbonyl (C=O) groups excluding carboxylic acids is 1. The zero-order valence-electron chi connectivity index (χ0n) is 13.6. The van der Waals surface area contributed by atoms with E-state index in [1.807, 2.05) is 44.2 Å². The number of para-hydroxylation sites is 1. The molecule has 0 radical (unpaired) electrons. The average molecular weight is 305 g/mol. The summed E-state index contributed by atoms with van der Waals surface area (Å²) in [6, 6.07) is 13.3. The summed E-state index contributed by atoms with van der Waals surface area (Å²) in [6.07, 6.45) is 0.873. The highest BCUT2D eigenvalue weighted by atomic mass is 16.1. The van der Waals surface area contributed by atoms with E-state index in [2.05, 4.69) is 22.2 Å². The van der Waals surface area contributed by atoms with Gasteiger partial charge in [0, 0.05) is 11.3 Å². The van der Waals surface area contributed by atoms with Crippen LogP contribution in [0.25, 0.3) is 11.0 Å². The standard InChI is InChI=1S/C19H19N3O/c1-4-14-7-5-6-8-16(14)22-19(23)15-9-10-17-18(11-15)21-13(3)12(2)20-17/h5-11H,4H2,1-3H3,(H,22,23). The van der Waals surface area contributed by atoms with Gasteiger partial charge in [-0.25, -0.2) is 9.97 Å². The molecule has 0 bridgehead atoms. The first-order valence-electron chi connectivity index (χ1n) is 7.72. The number of amides is 1. The van der Waals surface area contributed by atoms with Crippen LogP contribution in [0.3, 0.4) is 0 Å². The molecule has 0 atom stereocenters.